The summed E-state index contributed by atoms with van der Waals surface area (Å²) in [7, 11) is -3.61. The van der Waals surface area contributed by atoms with Gasteiger partial charge in [0.2, 0.25) is 15.9 Å². The maximum atomic E-state index is 12.8. The van der Waals surface area contributed by atoms with E-state index in [1.165, 1.54) is 10.4 Å². The number of hydrogen-bond donors (Lipinski definition) is 0. The second-order valence-electron chi connectivity index (χ2n) is 5.87. The number of halogens is 1. The molecule has 0 amide bonds. The second-order valence-corrected chi connectivity index (χ2v) is 8.18. The zero-order valence-corrected chi connectivity index (χ0v) is 16.3. The third-order valence-corrected chi connectivity index (χ3v) is 6.51. The van der Waals surface area contributed by atoms with Gasteiger partial charge in [-0.05, 0) is 26.0 Å². The molecule has 0 atom stereocenters. The first-order valence-corrected chi connectivity index (χ1v) is 10.2. The van der Waals surface area contributed by atoms with Gasteiger partial charge in [-0.25, -0.2) is 13.4 Å². The predicted octanol–water partition coefficient (Wildman–Crippen LogP) is 2.35. The number of benzene rings is 1. The van der Waals surface area contributed by atoms with Crippen molar-refractivity contribution in [3.05, 3.63) is 41.2 Å². The largest absolute Gasteiger partial charge is 0.478 e. The van der Waals surface area contributed by atoms with Gasteiger partial charge in [-0.3, -0.25) is 0 Å². The fourth-order valence-electron chi connectivity index (χ4n) is 2.86. The minimum atomic E-state index is -3.61. The maximum Gasteiger partial charge on any atom is 0.244 e. The van der Waals surface area contributed by atoms with Crippen molar-refractivity contribution in [2.45, 2.75) is 18.7 Å². The molecule has 0 unspecified atom stereocenters. The third-order valence-electron chi connectivity index (χ3n) is 4.11. The van der Waals surface area contributed by atoms with Crippen molar-refractivity contribution in [2.75, 3.05) is 37.7 Å². The lowest BCUT2D eigenvalue weighted by Gasteiger charge is -2.34. The van der Waals surface area contributed by atoms with Gasteiger partial charge < -0.3 is 9.64 Å². The van der Waals surface area contributed by atoms with Gasteiger partial charge in [0.25, 0.3) is 0 Å². The molecule has 9 heteroatoms. The molecule has 0 spiro atoms. The van der Waals surface area contributed by atoms with E-state index in [0.717, 1.165) is 5.82 Å². The van der Waals surface area contributed by atoms with Gasteiger partial charge in [-0.15, -0.1) is 0 Å². The normalized spacial score (nSPS) is 15.9. The van der Waals surface area contributed by atoms with Crippen molar-refractivity contribution in [1.29, 1.82) is 0 Å². The molecule has 0 N–H and O–H groups in total. The molecule has 26 heavy (non-hydrogen) atoms. The highest BCUT2D eigenvalue weighted by molar-refractivity contribution is 7.89. The van der Waals surface area contributed by atoms with E-state index in [9.17, 15) is 8.42 Å². The van der Waals surface area contributed by atoms with E-state index in [2.05, 4.69) is 9.97 Å². The van der Waals surface area contributed by atoms with Crippen LogP contribution in [0.25, 0.3) is 0 Å². The molecule has 1 aliphatic rings. The molecule has 0 bridgehead atoms. The van der Waals surface area contributed by atoms with Gasteiger partial charge in [0.1, 0.15) is 16.5 Å². The minimum Gasteiger partial charge on any atom is -0.478 e. The van der Waals surface area contributed by atoms with Gasteiger partial charge in [0.05, 0.1) is 11.6 Å². The molecule has 2 heterocycles. The average Bonchev–Trinajstić information content (AvgIpc) is 2.62. The maximum absolute atomic E-state index is 12.8. The summed E-state index contributed by atoms with van der Waals surface area (Å²) in [5.74, 6) is 1.90. The van der Waals surface area contributed by atoms with E-state index in [0.29, 0.717) is 44.5 Å². The Hall–Kier alpha value is -1.90. The van der Waals surface area contributed by atoms with Crippen molar-refractivity contribution < 1.29 is 13.2 Å². The second kappa shape index (κ2) is 7.77. The van der Waals surface area contributed by atoms with E-state index in [1.807, 2.05) is 18.7 Å². The number of hydrogen-bond acceptors (Lipinski definition) is 6. The molecule has 1 aliphatic heterocycles. The predicted molar refractivity (Wildman–Crippen MR) is 100 cm³/mol. The van der Waals surface area contributed by atoms with Crippen LogP contribution in [0.4, 0.5) is 5.82 Å². The monoisotopic (exact) mass is 396 g/mol. The van der Waals surface area contributed by atoms with Gasteiger partial charge >= 0.3 is 0 Å². The SMILES string of the molecule is CCOc1cc(N2CCN(S(=O)(=O)c3ccccc3Cl)CC2)nc(C)n1. The number of aryl methyl sites for hydroxylation is 1. The van der Waals surface area contributed by atoms with E-state index in [4.69, 9.17) is 16.3 Å². The fraction of sp³-hybridized carbons (Fsp3) is 0.412. The van der Waals surface area contributed by atoms with Crippen LogP contribution in [0, 0.1) is 6.92 Å². The number of anilines is 1. The molecule has 1 fully saturated rings. The molecule has 2 aromatic rings. The Labute approximate surface area is 158 Å². The first-order valence-electron chi connectivity index (χ1n) is 8.40. The van der Waals surface area contributed by atoms with Crippen molar-refractivity contribution >= 4 is 27.4 Å². The van der Waals surface area contributed by atoms with Crippen LogP contribution in [-0.4, -0.2) is 55.5 Å². The number of ether oxygens (including phenoxy) is 1. The Balaban J connectivity index is 1.74. The minimum absolute atomic E-state index is 0.145. The van der Waals surface area contributed by atoms with Crippen LogP contribution < -0.4 is 9.64 Å². The fourth-order valence-corrected chi connectivity index (χ4v) is 4.78. The molecule has 7 nitrogen and oxygen atoms in total. The smallest absolute Gasteiger partial charge is 0.244 e. The zero-order chi connectivity index (χ0) is 18.7. The standard InChI is InChI=1S/C17H21ClN4O3S/c1-3-25-17-12-16(19-13(2)20-17)21-8-10-22(11-9-21)26(23,24)15-7-5-4-6-14(15)18/h4-7,12H,3,8-11H2,1-2H3. The molecule has 3 rings (SSSR count). The molecule has 0 radical (unpaired) electrons. The van der Waals surface area contributed by atoms with Gasteiger partial charge in [0.15, 0.2) is 0 Å². The van der Waals surface area contributed by atoms with Gasteiger partial charge in [-0.1, -0.05) is 23.7 Å². The lowest BCUT2D eigenvalue weighted by molar-refractivity contribution is 0.325. The quantitative estimate of drug-likeness (QED) is 0.772. The summed E-state index contributed by atoms with van der Waals surface area (Å²) >= 11 is 6.07. The Kier molecular flexibility index (Phi) is 5.64. The molecule has 1 saturated heterocycles. The highest BCUT2D eigenvalue weighted by Gasteiger charge is 2.30. The zero-order valence-electron chi connectivity index (χ0n) is 14.7. The van der Waals surface area contributed by atoms with Crippen molar-refractivity contribution in [1.82, 2.24) is 14.3 Å². The summed E-state index contributed by atoms with van der Waals surface area (Å²) in [6.07, 6.45) is 0. The lowest BCUT2D eigenvalue weighted by atomic mass is 10.3. The van der Waals surface area contributed by atoms with Crippen LogP contribution in [0.15, 0.2) is 35.2 Å². The Morgan fingerprint density at radius 2 is 1.85 bits per heavy atom. The van der Waals surface area contributed by atoms with Crippen LogP contribution in [0.5, 0.6) is 5.88 Å². The van der Waals surface area contributed by atoms with Crippen LogP contribution in [0.1, 0.15) is 12.7 Å². The summed E-state index contributed by atoms with van der Waals surface area (Å²) in [5, 5.41) is 0.239. The average molecular weight is 397 g/mol. The topological polar surface area (TPSA) is 75.6 Å². The summed E-state index contributed by atoms with van der Waals surface area (Å²) in [6, 6.07) is 8.30. The molecular formula is C17H21ClN4O3S. The van der Waals surface area contributed by atoms with Crippen LogP contribution in [0.2, 0.25) is 5.02 Å². The summed E-state index contributed by atoms with van der Waals surface area (Å²) in [5.41, 5.74) is 0. The Morgan fingerprint density at radius 1 is 1.15 bits per heavy atom. The Morgan fingerprint density at radius 3 is 2.50 bits per heavy atom. The van der Waals surface area contributed by atoms with Crippen LogP contribution >= 0.6 is 11.6 Å². The van der Waals surface area contributed by atoms with Gasteiger partial charge in [0, 0.05) is 32.2 Å². The first kappa shape index (κ1) is 18.9. The Bertz CT molecular complexity index is 883. The molecule has 0 saturated carbocycles. The number of piperazine rings is 1. The van der Waals surface area contributed by atoms with Crippen molar-refractivity contribution in [3.8, 4) is 5.88 Å². The van der Waals surface area contributed by atoms with E-state index >= 15 is 0 Å². The van der Waals surface area contributed by atoms with E-state index in [-0.39, 0.29) is 9.92 Å². The third kappa shape index (κ3) is 3.92. The summed E-state index contributed by atoms with van der Waals surface area (Å²) in [6.45, 7) is 6.03. The number of sulfonamides is 1. The van der Waals surface area contributed by atoms with Crippen molar-refractivity contribution in [2.24, 2.45) is 0 Å². The van der Waals surface area contributed by atoms with Crippen LogP contribution in [0.3, 0.4) is 0 Å². The molecule has 0 aliphatic carbocycles. The highest BCUT2D eigenvalue weighted by atomic mass is 35.5. The summed E-state index contributed by atoms with van der Waals surface area (Å²) < 4.78 is 32.6. The van der Waals surface area contributed by atoms with Gasteiger partial charge in [-0.2, -0.15) is 9.29 Å². The number of nitrogens with zero attached hydrogens (tertiary/aromatic N) is 4. The lowest BCUT2D eigenvalue weighted by Crippen LogP contribution is -2.49. The summed E-state index contributed by atoms with van der Waals surface area (Å²) in [4.78, 5) is 10.9. The number of aromatic nitrogens is 2. The first-order chi connectivity index (χ1) is 12.4. The van der Waals surface area contributed by atoms with Crippen molar-refractivity contribution in [3.63, 3.8) is 0 Å². The van der Waals surface area contributed by atoms with E-state index < -0.39 is 10.0 Å². The molecule has 1 aromatic heterocycles. The van der Waals surface area contributed by atoms with E-state index in [1.54, 1.807) is 24.3 Å². The molecule has 140 valence electrons. The van der Waals surface area contributed by atoms with Crippen LogP contribution in [-0.2, 0) is 10.0 Å². The highest BCUT2D eigenvalue weighted by Crippen LogP contribution is 2.26. The molecule has 1 aromatic carbocycles. The molecular weight excluding hydrogens is 376 g/mol. The number of rotatable bonds is 5.